The van der Waals surface area contributed by atoms with Crippen molar-refractivity contribution >= 4 is 11.8 Å². The van der Waals surface area contributed by atoms with Gasteiger partial charge in [0.05, 0.1) is 5.75 Å². The maximum absolute atomic E-state index is 5.36. The van der Waals surface area contributed by atoms with Crippen LogP contribution in [0.5, 0.6) is 0 Å². The van der Waals surface area contributed by atoms with E-state index in [-0.39, 0.29) is 0 Å². The summed E-state index contributed by atoms with van der Waals surface area (Å²) in [4.78, 5) is 1.23. The predicted molar refractivity (Wildman–Crippen MR) is 77.0 cm³/mol. The molecule has 0 atom stereocenters. The number of aryl methyl sites for hydroxylation is 1. The molecule has 102 valence electrons. The van der Waals surface area contributed by atoms with Crippen molar-refractivity contribution in [1.29, 1.82) is 0 Å². The minimum atomic E-state index is 0.619. The van der Waals surface area contributed by atoms with Crippen molar-refractivity contribution in [2.24, 2.45) is 0 Å². The van der Waals surface area contributed by atoms with Crippen molar-refractivity contribution in [2.75, 3.05) is 6.54 Å². The Morgan fingerprint density at radius 3 is 2.95 bits per heavy atom. The molecule has 0 saturated heterocycles. The molecule has 0 bridgehead atoms. The van der Waals surface area contributed by atoms with Gasteiger partial charge in [0.1, 0.15) is 0 Å². The van der Waals surface area contributed by atoms with Gasteiger partial charge in [-0.05, 0) is 30.7 Å². The van der Waals surface area contributed by atoms with Gasteiger partial charge in [-0.15, -0.1) is 22.0 Å². The molecule has 0 radical (unpaired) electrons. The first-order valence-corrected chi connectivity index (χ1v) is 7.48. The molecule has 2 aromatic rings. The number of nitrogens with one attached hydrogen (secondary N) is 1. The summed E-state index contributed by atoms with van der Waals surface area (Å²) in [5.74, 6) is 2.01. The Morgan fingerprint density at radius 2 is 2.21 bits per heavy atom. The van der Waals surface area contributed by atoms with E-state index in [9.17, 15) is 0 Å². The third-order valence-corrected chi connectivity index (χ3v) is 3.56. The van der Waals surface area contributed by atoms with Crippen molar-refractivity contribution in [3.05, 3.63) is 41.6 Å². The zero-order chi connectivity index (χ0) is 13.5. The molecule has 0 aliphatic carbocycles. The lowest BCUT2D eigenvalue weighted by Gasteiger charge is -2.05. The highest BCUT2D eigenvalue weighted by molar-refractivity contribution is 7.98. The van der Waals surface area contributed by atoms with Crippen LogP contribution in [0.4, 0.5) is 0 Å². The quantitative estimate of drug-likeness (QED) is 0.622. The maximum atomic E-state index is 5.36. The Labute approximate surface area is 118 Å². The van der Waals surface area contributed by atoms with Crippen LogP contribution in [0.2, 0.25) is 0 Å². The molecule has 1 N–H and O–H groups in total. The Hall–Kier alpha value is -1.33. The zero-order valence-corrected chi connectivity index (χ0v) is 12.2. The molecule has 5 heteroatoms. The van der Waals surface area contributed by atoms with Gasteiger partial charge in [0.15, 0.2) is 0 Å². The van der Waals surface area contributed by atoms with E-state index in [1.54, 1.807) is 18.7 Å². The third kappa shape index (κ3) is 4.69. The summed E-state index contributed by atoms with van der Waals surface area (Å²) >= 11 is 1.72. The highest BCUT2D eigenvalue weighted by atomic mass is 32.2. The van der Waals surface area contributed by atoms with Crippen LogP contribution in [-0.4, -0.2) is 16.7 Å². The zero-order valence-electron chi connectivity index (χ0n) is 11.3. The van der Waals surface area contributed by atoms with Crippen LogP contribution in [-0.2, 0) is 12.3 Å². The van der Waals surface area contributed by atoms with Crippen LogP contribution in [0, 0.1) is 6.92 Å². The first-order chi connectivity index (χ1) is 9.28. The number of aromatic nitrogens is 2. The van der Waals surface area contributed by atoms with Crippen molar-refractivity contribution in [1.82, 2.24) is 15.5 Å². The number of thioether (sulfide) groups is 1. The molecule has 1 aromatic carbocycles. The second kappa shape index (κ2) is 7.31. The van der Waals surface area contributed by atoms with Crippen LogP contribution in [0.15, 0.2) is 33.6 Å². The predicted octanol–water partition coefficient (Wildman–Crippen LogP) is 3.17. The smallest absolute Gasteiger partial charge is 0.226 e. The van der Waals surface area contributed by atoms with Gasteiger partial charge < -0.3 is 9.73 Å². The van der Waals surface area contributed by atoms with E-state index >= 15 is 0 Å². The van der Waals surface area contributed by atoms with Crippen LogP contribution in [0.1, 0.15) is 30.7 Å². The van der Waals surface area contributed by atoms with Crippen molar-refractivity contribution in [2.45, 2.75) is 37.5 Å². The first-order valence-electron chi connectivity index (χ1n) is 6.49. The molecule has 0 aliphatic heterocycles. The standard InChI is InChI=1S/C14H19N3OS/c1-3-7-15-9-12-5-4-6-13(8-12)19-10-14-17-16-11(2)18-14/h4-6,8,15H,3,7,9-10H2,1-2H3. The molecule has 0 spiro atoms. The fraction of sp³-hybridized carbons (Fsp3) is 0.429. The molecule has 0 aliphatic rings. The Kier molecular flexibility index (Phi) is 5.42. The normalized spacial score (nSPS) is 10.8. The van der Waals surface area contributed by atoms with E-state index in [0.29, 0.717) is 17.5 Å². The monoisotopic (exact) mass is 277 g/mol. The van der Waals surface area contributed by atoms with Gasteiger partial charge in [-0.3, -0.25) is 0 Å². The van der Waals surface area contributed by atoms with E-state index in [1.807, 2.05) is 0 Å². The molecular weight excluding hydrogens is 258 g/mol. The molecular formula is C14H19N3OS. The van der Waals surface area contributed by atoms with Crippen LogP contribution in [0.3, 0.4) is 0 Å². The first kappa shape index (κ1) is 14.1. The van der Waals surface area contributed by atoms with Crippen molar-refractivity contribution in [3.63, 3.8) is 0 Å². The molecule has 1 aromatic heterocycles. The summed E-state index contributed by atoms with van der Waals surface area (Å²) in [5, 5.41) is 11.2. The lowest BCUT2D eigenvalue weighted by atomic mass is 10.2. The highest BCUT2D eigenvalue weighted by Crippen LogP contribution is 2.23. The fourth-order valence-corrected chi connectivity index (χ4v) is 2.51. The lowest BCUT2D eigenvalue weighted by Crippen LogP contribution is -2.13. The molecule has 19 heavy (non-hydrogen) atoms. The van der Waals surface area contributed by atoms with Gasteiger partial charge in [-0.25, -0.2) is 0 Å². The minimum Gasteiger partial charge on any atom is -0.425 e. The van der Waals surface area contributed by atoms with Gasteiger partial charge in [0.2, 0.25) is 11.8 Å². The Bertz CT molecular complexity index is 513. The van der Waals surface area contributed by atoms with Crippen molar-refractivity contribution in [3.8, 4) is 0 Å². The SMILES string of the molecule is CCCNCc1cccc(SCc2nnc(C)o2)c1. The highest BCUT2D eigenvalue weighted by Gasteiger charge is 2.03. The summed E-state index contributed by atoms with van der Waals surface area (Å²) < 4.78 is 5.36. The Balaban J connectivity index is 1.87. The van der Waals surface area contributed by atoms with Gasteiger partial charge in [-0.2, -0.15) is 0 Å². The van der Waals surface area contributed by atoms with E-state index in [2.05, 4.69) is 46.7 Å². The summed E-state index contributed by atoms with van der Waals surface area (Å²) in [6.45, 7) is 5.95. The average molecular weight is 277 g/mol. The summed E-state index contributed by atoms with van der Waals surface area (Å²) in [6, 6.07) is 8.54. The number of benzene rings is 1. The number of hydrogen-bond donors (Lipinski definition) is 1. The second-order valence-electron chi connectivity index (χ2n) is 4.33. The van der Waals surface area contributed by atoms with E-state index < -0.39 is 0 Å². The molecule has 0 amide bonds. The van der Waals surface area contributed by atoms with Crippen molar-refractivity contribution < 1.29 is 4.42 Å². The largest absolute Gasteiger partial charge is 0.425 e. The number of hydrogen-bond acceptors (Lipinski definition) is 5. The fourth-order valence-electron chi connectivity index (χ4n) is 1.70. The van der Waals surface area contributed by atoms with Crippen LogP contribution in [0.25, 0.3) is 0 Å². The van der Waals surface area contributed by atoms with Crippen LogP contribution >= 0.6 is 11.8 Å². The van der Waals surface area contributed by atoms with Gasteiger partial charge in [-0.1, -0.05) is 19.1 Å². The minimum absolute atomic E-state index is 0.619. The summed E-state index contributed by atoms with van der Waals surface area (Å²) in [7, 11) is 0. The Morgan fingerprint density at radius 1 is 1.32 bits per heavy atom. The molecule has 0 unspecified atom stereocenters. The molecule has 0 saturated carbocycles. The van der Waals surface area contributed by atoms with Crippen LogP contribution < -0.4 is 5.32 Å². The van der Waals surface area contributed by atoms with Gasteiger partial charge in [0, 0.05) is 18.4 Å². The number of nitrogens with zero attached hydrogens (tertiary/aromatic N) is 2. The maximum Gasteiger partial charge on any atom is 0.226 e. The van der Waals surface area contributed by atoms with E-state index in [0.717, 1.165) is 19.5 Å². The van der Waals surface area contributed by atoms with E-state index in [1.165, 1.54) is 10.5 Å². The van der Waals surface area contributed by atoms with E-state index in [4.69, 9.17) is 4.42 Å². The second-order valence-corrected chi connectivity index (χ2v) is 5.38. The summed E-state index contributed by atoms with van der Waals surface area (Å²) in [6.07, 6.45) is 1.16. The topological polar surface area (TPSA) is 51.0 Å². The number of rotatable bonds is 7. The molecule has 2 rings (SSSR count). The lowest BCUT2D eigenvalue weighted by molar-refractivity contribution is 0.485. The van der Waals surface area contributed by atoms with Gasteiger partial charge in [0.25, 0.3) is 0 Å². The summed E-state index contributed by atoms with van der Waals surface area (Å²) in [5.41, 5.74) is 1.31. The third-order valence-electron chi connectivity index (χ3n) is 2.58. The average Bonchev–Trinajstić information content (AvgIpc) is 2.83. The molecule has 4 nitrogen and oxygen atoms in total. The molecule has 0 fully saturated rings. The molecule has 1 heterocycles. The van der Waals surface area contributed by atoms with Gasteiger partial charge >= 0.3 is 0 Å².